The molecular formula is C14H11N3O3. The molecule has 0 saturated heterocycles. The lowest BCUT2D eigenvalue weighted by Gasteiger charge is -2.03. The minimum atomic E-state index is -1.22. The number of carboxylic acids is 1. The van der Waals surface area contributed by atoms with E-state index in [0.29, 0.717) is 16.7 Å². The van der Waals surface area contributed by atoms with Crippen molar-refractivity contribution in [1.29, 1.82) is 0 Å². The van der Waals surface area contributed by atoms with Crippen molar-refractivity contribution in [3.8, 4) is 11.4 Å². The summed E-state index contributed by atoms with van der Waals surface area (Å²) in [6.45, 7) is 1.70. The van der Waals surface area contributed by atoms with E-state index in [-0.39, 0.29) is 11.3 Å². The fourth-order valence-corrected chi connectivity index (χ4v) is 2.14. The summed E-state index contributed by atoms with van der Waals surface area (Å²) in [5.74, 6) is -1.52. The van der Waals surface area contributed by atoms with E-state index in [4.69, 9.17) is 5.11 Å². The molecule has 3 aromatic rings. The molecular weight excluding hydrogens is 258 g/mol. The fraction of sp³-hybridized carbons (Fsp3) is 0.0714. The largest absolute Gasteiger partial charge is 0.506 e. The zero-order valence-electron chi connectivity index (χ0n) is 10.6. The number of hydrogen-bond acceptors (Lipinski definition) is 4. The molecule has 0 amide bonds. The summed E-state index contributed by atoms with van der Waals surface area (Å²) in [6, 6.07) is 9.33. The number of aromatic nitrogens is 3. The van der Waals surface area contributed by atoms with Crippen molar-refractivity contribution in [3.63, 3.8) is 0 Å². The van der Waals surface area contributed by atoms with E-state index >= 15 is 0 Å². The second-order valence-electron chi connectivity index (χ2n) is 4.36. The van der Waals surface area contributed by atoms with Crippen LogP contribution < -0.4 is 0 Å². The van der Waals surface area contributed by atoms with Gasteiger partial charge in [0.1, 0.15) is 11.3 Å². The minimum Gasteiger partial charge on any atom is -0.506 e. The Morgan fingerprint density at radius 2 is 1.95 bits per heavy atom. The van der Waals surface area contributed by atoms with E-state index in [1.807, 2.05) is 30.3 Å². The molecule has 2 aromatic heterocycles. The molecule has 0 aliphatic rings. The van der Waals surface area contributed by atoms with Crippen LogP contribution in [0.1, 0.15) is 16.1 Å². The first-order valence-electron chi connectivity index (χ1n) is 5.95. The molecule has 1 aromatic carbocycles. The molecule has 6 heteroatoms. The summed E-state index contributed by atoms with van der Waals surface area (Å²) in [7, 11) is 0. The summed E-state index contributed by atoms with van der Waals surface area (Å²) in [5, 5.41) is 23.8. The first-order valence-corrected chi connectivity index (χ1v) is 5.95. The molecule has 0 unspecified atom stereocenters. The molecule has 0 fully saturated rings. The first-order chi connectivity index (χ1) is 9.59. The number of hydrogen-bond donors (Lipinski definition) is 2. The van der Waals surface area contributed by atoms with Crippen LogP contribution in [-0.2, 0) is 0 Å². The summed E-state index contributed by atoms with van der Waals surface area (Å²) in [5.41, 5.74) is 1.52. The molecule has 3 rings (SSSR count). The van der Waals surface area contributed by atoms with Gasteiger partial charge in [-0.1, -0.05) is 18.2 Å². The Morgan fingerprint density at radius 3 is 2.60 bits per heavy atom. The highest BCUT2D eigenvalue weighted by atomic mass is 16.4. The van der Waals surface area contributed by atoms with Gasteiger partial charge >= 0.3 is 5.97 Å². The van der Waals surface area contributed by atoms with Crippen molar-refractivity contribution in [1.82, 2.24) is 14.8 Å². The summed E-state index contributed by atoms with van der Waals surface area (Å²) in [6.07, 6.45) is 1.14. The zero-order chi connectivity index (χ0) is 14.3. The maximum Gasteiger partial charge on any atom is 0.341 e. The lowest BCUT2D eigenvalue weighted by Crippen LogP contribution is -2.00. The molecule has 2 heterocycles. The maximum absolute atomic E-state index is 11.0. The van der Waals surface area contributed by atoms with Crippen molar-refractivity contribution in [2.45, 2.75) is 6.92 Å². The number of rotatable bonds is 2. The third-order valence-corrected chi connectivity index (χ3v) is 3.08. The fourth-order valence-electron chi connectivity index (χ4n) is 2.14. The Kier molecular flexibility index (Phi) is 2.64. The quantitative estimate of drug-likeness (QED) is 0.744. The molecule has 0 spiro atoms. The zero-order valence-corrected chi connectivity index (χ0v) is 10.6. The Labute approximate surface area is 113 Å². The van der Waals surface area contributed by atoms with E-state index in [1.54, 1.807) is 11.6 Å². The van der Waals surface area contributed by atoms with Gasteiger partial charge in [-0.3, -0.25) is 0 Å². The maximum atomic E-state index is 11.0. The van der Waals surface area contributed by atoms with Crippen molar-refractivity contribution < 1.29 is 15.0 Å². The number of fused-ring (bicyclic) bond motifs is 1. The van der Waals surface area contributed by atoms with Crippen molar-refractivity contribution in [3.05, 3.63) is 47.8 Å². The molecule has 0 bridgehead atoms. The van der Waals surface area contributed by atoms with E-state index < -0.39 is 5.97 Å². The van der Waals surface area contributed by atoms with Gasteiger partial charge in [0.25, 0.3) is 0 Å². The van der Waals surface area contributed by atoms with E-state index in [1.165, 1.54) is 0 Å². The van der Waals surface area contributed by atoms with Crippen LogP contribution in [0.3, 0.4) is 0 Å². The van der Waals surface area contributed by atoms with Gasteiger partial charge in [-0.2, -0.15) is 5.10 Å². The molecule has 2 N–H and O–H groups in total. The van der Waals surface area contributed by atoms with E-state index in [0.717, 1.165) is 11.9 Å². The van der Waals surface area contributed by atoms with Crippen molar-refractivity contribution in [2.75, 3.05) is 0 Å². The lowest BCUT2D eigenvalue weighted by atomic mass is 10.2. The summed E-state index contributed by atoms with van der Waals surface area (Å²) >= 11 is 0. The van der Waals surface area contributed by atoms with E-state index in [9.17, 15) is 9.90 Å². The van der Waals surface area contributed by atoms with Crippen LogP contribution >= 0.6 is 0 Å². The normalized spacial score (nSPS) is 10.8. The standard InChI is InChI=1S/C14H11N3O3/c1-8-11-12(18)10(14(19)20)7-15-13(11)17(16-8)9-5-3-2-4-6-9/h2-7H,1H3,(H,15,18)(H,19,20). The predicted octanol–water partition coefficient (Wildman–Crippen LogP) is 2.13. The van der Waals surface area contributed by atoms with Crippen LogP contribution in [0.15, 0.2) is 36.5 Å². The molecule has 0 saturated carbocycles. The predicted molar refractivity (Wildman–Crippen MR) is 72.2 cm³/mol. The number of pyridine rings is 1. The molecule has 20 heavy (non-hydrogen) atoms. The number of aromatic hydroxyl groups is 1. The Morgan fingerprint density at radius 1 is 1.25 bits per heavy atom. The Hall–Kier alpha value is -2.89. The minimum absolute atomic E-state index is 0.229. The van der Waals surface area contributed by atoms with Crippen LogP contribution in [0, 0.1) is 6.92 Å². The summed E-state index contributed by atoms with van der Waals surface area (Å²) in [4.78, 5) is 15.1. The van der Waals surface area contributed by atoms with Gasteiger partial charge in [0.05, 0.1) is 16.8 Å². The van der Waals surface area contributed by atoms with Crippen LogP contribution in [0.4, 0.5) is 0 Å². The second-order valence-corrected chi connectivity index (χ2v) is 4.36. The van der Waals surface area contributed by atoms with Gasteiger partial charge < -0.3 is 10.2 Å². The SMILES string of the molecule is Cc1nn(-c2ccccc2)c2ncc(C(=O)O)c(O)c12. The van der Waals surface area contributed by atoms with E-state index in [2.05, 4.69) is 10.1 Å². The average molecular weight is 269 g/mol. The lowest BCUT2D eigenvalue weighted by molar-refractivity contribution is 0.0693. The Balaban J connectivity index is 2.34. The van der Waals surface area contributed by atoms with Crippen molar-refractivity contribution >= 4 is 17.0 Å². The van der Waals surface area contributed by atoms with Crippen LogP contribution in [0.25, 0.3) is 16.7 Å². The number of para-hydroxylation sites is 1. The number of aryl methyl sites for hydroxylation is 1. The molecule has 100 valence electrons. The van der Waals surface area contributed by atoms with Gasteiger partial charge in [0, 0.05) is 6.20 Å². The first kappa shape index (κ1) is 12.2. The number of benzene rings is 1. The van der Waals surface area contributed by atoms with Gasteiger partial charge in [-0.25, -0.2) is 14.5 Å². The van der Waals surface area contributed by atoms with Gasteiger partial charge in [-0.05, 0) is 19.1 Å². The number of aromatic carboxylic acids is 1. The molecule has 0 aliphatic carbocycles. The van der Waals surface area contributed by atoms with Gasteiger partial charge in [0.15, 0.2) is 5.65 Å². The number of nitrogens with zero attached hydrogens (tertiary/aromatic N) is 3. The van der Waals surface area contributed by atoms with Crippen LogP contribution in [0.5, 0.6) is 5.75 Å². The molecule has 0 radical (unpaired) electrons. The van der Waals surface area contributed by atoms with Crippen molar-refractivity contribution in [2.24, 2.45) is 0 Å². The topological polar surface area (TPSA) is 88.2 Å². The average Bonchev–Trinajstić information content (AvgIpc) is 2.78. The molecule has 0 aliphatic heterocycles. The Bertz CT molecular complexity index is 809. The third-order valence-electron chi connectivity index (χ3n) is 3.08. The van der Waals surface area contributed by atoms with Crippen LogP contribution in [-0.4, -0.2) is 30.9 Å². The monoisotopic (exact) mass is 269 g/mol. The van der Waals surface area contributed by atoms with Gasteiger partial charge in [0.2, 0.25) is 0 Å². The number of carbonyl (C=O) groups is 1. The smallest absolute Gasteiger partial charge is 0.341 e. The summed E-state index contributed by atoms with van der Waals surface area (Å²) < 4.78 is 1.58. The second kappa shape index (κ2) is 4.34. The highest BCUT2D eigenvalue weighted by molar-refractivity contribution is 5.98. The van der Waals surface area contributed by atoms with Crippen LogP contribution in [0.2, 0.25) is 0 Å². The molecule has 6 nitrogen and oxygen atoms in total. The molecule has 0 atom stereocenters. The highest BCUT2D eigenvalue weighted by Gasteiger charge is 2.19. The number of carboxylic acid groups (broad SMARTS) is 1. The van der Waals surface area contributed by atoms with Gasteiger partial charge in [-0.15, -0.1) is 0 Å². The highest BCUT2D eigenvalue weighted by Crippen LogP contribution is 2.30. The third kappa shape index (κ3) is 1.70.